The fraction of sp³-hybridized carbons (Fsp3) is 0.0571. The van der Waals surface area contributed by atoms with Crippen LogP contribution in [0.5, 0.6) is 0 Å². The molecule has 0 aliphatic heterocycles. The van der Waals surface area contributed by atoms with Gasteiger partial charge in [-0.25, -0.2) is 4.85 Å². The Bertz CT molecular complexity index is 4810. The number of fused-ring (bicyclic) bond motifs is 11. The summed E-state index contributed by atoms with van der Waals surface area (Å²) in [5.41, 5.74) is 25.2. The number of rotatable bonds is 4. The normalized spacial score (nSPS) is 11.7. The maximum atomic E-state index is 10.1. The van der Waals surface area contributed by atoms with Crippen molar-refractivity contribution in [3.63, 3.8) is 0 Å². The largest absolute Gasteiger partial charge is 0.238 e. The molecule has 340 valence electrons. The molecule has 0 spiro atoms. The molecule has 0 saturated carbocycles. The van der Waals surface area contributed by atoms with E-state index in [1.165, 1.54) is 66.1 Å². The van der Waals surface area contributed by atoms with Gasteiger partial charge in [0.15, 0.2) is 5.69 Å². The van der Waals surface area contributed by atoms with Gasteiger partial charge in [0.2, 0.25) is 0 Å². The van der Waals surface area contributed by atoms with Gasteiger partial charge in [-0.1, -0.05) is 115 Å². The Balaban J connectivity index is 1.08. The van der Waals surface area contributed by atoms with Crippen LogP contribution in [0.3, 0.4) is 0 Å². The summed E-state index contributed by atoms with van der Waals surface area (Å²) in [5, 5.41) is 41.4. The van der Waals surface area contributed by atoms with E-state index in [-0.39, 0.29) is 0 Å². The Hall–Kier alpha value is -10.1. The third kappa shape index (κ3) is 5.92. The van der Waals surface area contributed by atoms with E-state index < -0.39 is 0 Å². The maximum Gasteiger partial charge on any atom is 0.187 e. The van der Waals surface area contributed by atoms with Crippen LogP contribution in [0.2, 0.25) is 0 Å². The summed E-state index contributed by atoms with van der Waals surface area (Å²) in [7, 11) is 0. The Morgan fingerprint density at radius 1 is 0.297 bits per heavy atom. The van der Waals surface area contributed by atoms with Crippen LogP contribution in [0.1, 0.15) is 38.9 Å². The van der Waals surface area contributed by atoms with Gasteiger partial charge in [0.05, 0.1) is 41.5 Å². The summed E-state index contributed by atoms with van der Waals surface area (Å²) in [4.78, 5) is 3.71. The molecule has 4 nitrogen and oxygen atoms in total. The molecule has 0 atom stereocenters. The smallest absolute Gasteiger partial charge is 0.187 e. The SMILES string of the molecule is [C-]#[N+]c1ccc(-c2ccc3c4c(cccc24)-c2cc4c(ccc5c6cc7c(cc6c(-c6ccc(C#N)cc6C)cc45)-c4ccc(-c5ccc(C#N)cc5C)c5cccc-7c45)c(-c4ccc(C#N)cc4C)c2-3)c(C)c1. The second-order valence-corrected chi connectivity index (χ2v) is 20.1. The molecule has 4 heteroatoms. The first-order valence-electron chi connectivity index (χ1n) is 24.8. The molecular weight excluding hydrogens is 897 g/mol. The van der Waals surface area contributed by atoms with Crippen LogP contribution in [-0.4, -0.2) is 0 Å². The van der Waals surface area contributed by atoms with Crippen molar-refractivity contribution in [3.8, 4) is 107 Å². The summed E-state index contributed by atoms with van der Waals surface area (Å²) in [6.45, 7) is 16.1. The van der Waals surface area contributed by atoms with Gasteiger partial charge in [0, 0.05) is 0 Å². The molecule has 2 aliphatic rings. The Labute approximate surface area is 428 Å². The first kappa shape index (κ1) is 42.8. The summed E-state index contributed by atoms with van der Waals surface area (Å²) < 4.78 is 0. The van der Waals surface area contributed by atoms with Crippen molar-refractivity contribution in [1.29, 1.82) is 15.8 Å². The molecule has 0 fully saturated rings. The van der Waals surface area contributed by atoms with E-state index in [1.807, 2.05) is 48.5 Å². The zero-order valence-electron chi connectivity index (χ0n) is 41.0. The lowest BCUT2D eigenvalue weighted by atomic mass is 9.82. The van der Waals surface area contributed by atoms with Crippen LogP contribution in [0.25, 0.3) is 148 Å². The van der Waals surface area contributed by atoms with Gasteiger partial charge in [-0.2, -0.15) is 15.8 Å². The van der Waals surface area contributed by atoms with Crippen LogP contribution in [0, 0.1) is 68.3 Å². The highest BCUT2D eigenvalue weighted by Gasteiger charge is 2.31. The van der Waals surface area contributed by atoms with Gasteiger partial charge in [-0.05, 0) is 248 Å². The maximum absolute atomic E-state index is 10.1. The second kappa shape index (κ2) is 15.7. The molecule has 0 saturated heterocycles. The molecule has 0 heterocycles. The van der Waals surface area contributed by atoms with Crippen LogP contribution in [0.15, 0.2) is 170 Å². The first-order valence-corrected chi connectivity index (χ1v) is 24.8. The molecule has 0 N–H and O–H groups in total. The predicted molar refractivity (Wildman–Crippen MR) is 304 cm³/mol. The van der Waals surface area contributed by atoms with Gasteiger partial charge in [0.1, 0.15) is 0 Å². The summed E-state index contributed by atoms with van der Waals surface area (Å²) in [5.74, 6) is 0. The standard InChI is InChI=1S/C70H40N4/c1-37-26-41(34-71)12-16-45(37)49-20-23-56-63-32-65-59(47-17-13-42(35-72)27-38(47)2)30-60-51(61(65)31-62(63)54-10-6-8-52(49)67(54)56)21-24-57-64(60)33-66-55-11-7-9-53-50(46-19-15-44(74-5)29-40(46)4)22-25-58(68(53)55)70(66)69(57)48-18-14-43(36-73)28-39(48)3/h6-33H,1-4H3. The molecule has 0 amide bonds. The zero-order chi connectivity index (χ0) is 50.3. The highest BCUT2D eigenvalue weighted by Crippen LogP contribution is 2.58. The van der Waals surface area contributed by atoms with Crippen molar-refractivity contribution < 1.29 is 0 Å². The lowest BCUT2D eigenvalue weighted by molar-refractivity contribution is 1.42. The summed E-state index contributed by atoms with van der Waals surface area (Å²) in [6, 6.07) is 67.8. The van der Waals surface area contributed by atoms with E-state index in [0.717, 1.165) is 99.1 Å². The van der Waals surface area contributed by atoms with Crippen LogP contribution in [0.4, 0.5) is 5.69 Å². The monoisotopic (exact) mass is 936 g/mol. The average Bonchev–Trinajstić information content (AvgIpc) is 3.92. The predicted octanol–water partition coefficient (Wildman–Crippen LogP) is 18.8. The van der Waals surface area contributed by atoms with Crippen molar-refractivity contribution in [1.82, 2.24) is 0 Å². The van der Waals surface area contributed by atoms with Crippen LogP contribution < -0.4 is 0 Å². The fourth-order valence-electron chi connectivity index (χ4n) is 12.9. The quantitative estimate of drug-likeness (QED) is 0.130. The number of nitrogens with zero attached hydrogens (tertiary/aromatic N) is 4. The molecule has 0 unspecified atom stereocenters. The van der Waals surface area contributed by atoms with E-state index in [1.54, 1.807) is 0 Å². The molecule has 0 bridgehead atoms. The molecule has 74 heavy (non-hydrogen) atoms. The summed E-state index contributed by atoms with van der Waals surface area (Å²) >= 11 is 0. The first-order chi connectivity index (χ1) is 36.2. The van der Waals surface area contributed by atoms with Crippen molar-refractivity contribution in [3.05, 3.63) is 220 Å². The fourth-order valence-corrected chi connectivity index (χ4v) is 12.9. The number of hydrogen-bond acceptors (Lipinski definition) is 3. The second-order valence-electron chi connectivity index (χ2n) is 20.1. The minimum Gasteiger partial charge on any atom is -0.238 e. The van der Waals surface area contributed by atoms with Gasteiger partial charge in [0.25, 0.3) is 0 Å². The highest BCUT2D eigenvalue weighted by atomic mass is 14.6. The van der Waals surface area contributed by atoms with E-state index in [0.29, 0.717) is 22.4 Å². The van der Waals surface area contributed by atoms with Crippen molar-refractivity contribution in [2.75, 3.05) is 0 Å². The zero-order valence-corrected chi connectivity index (χ0v) is 41.0. The minimum absolute atomic E-state index is 0.628. The van der Waals surface area contributed by atoms with Crippen molar-refractivity contribution in [2.24, 2.45) is 0 Å². The Kier molecular flexibility index (Phi) is 9.07. The molecule has 2 aliphatic carbocycles. The lowest BCUT2D eigenvalue weighted by Crippen LogP contribution is -1.94. The van der Waals surface area contributed by atoms with E-state index >= 15 is 0 Å². The lowest BCUT2D eigenvalue weighted by Gasteiger charge is -2.20. The van der Waals surface area contributed by atoms with E-state index in [9.17, 15) is 15.8 Å². The molecule has 12 aromatic rings. The number of nitriles is 3. The topological polar surface area (TPSA) is 75.7 Å². The Morgan fingerprint density at radius 3 is 1.30 bits per heavy atom. The molecule has 14 rings (SSSR count). The van der Waals surface area contributed by atoms with Gasteiger partial charge in [-0.3, -0.25) is 0 Å². The third-order valence-corrected chi connectivity index (χ3v) is 16.2. The molecule has 0 radical (unpaired) electrons. The number of aryl methyl sites for hydroxylation is 4. The van der Waals surface area contributed by atoms with Gasteiger partial charge in [-0.15, -0.1) is 0 Å². The van der Waals surface area contributed by atoms with Crippen LogP contribution >= 0.6 is 0 Å². The average molecular weight is 937 g/mol. The summed E-state index contributed by atoms with van der Waals surface area (Å²) in [6.07, 6.45) is 0. The number of hydrogen-bond donors (Lipinski definition) is 0. The van der Waals surface area contributed by atoms with Gasteiger partial charge >= 0.3 is 0 Å². The Morgan fingerprint density at radius 2 is 0.716 bits per heavy atom. The highest BCUT2D eigenvalue weighted by molar-refractivity contribution is 6.31. The minimum atomic E-state index is 0.628. The molecule has 12 aromatic carbocycles. The van der Waals surface area contributed by atoms with E-state index in [2.05, 4.69) is 172 Å². The van der Waals surface area contributed by atoms with Gasteiger partial charge < -0.3 is 0 Å². The molecule has 0 aromatic heterocycles. The van der Waals surface area contributed by atoms with Crippen LogP contribution in [-0.2, 0) is 0 Å². The van der Waals surface area contributed by atoms with E-state index in [4.69, 9.17) is 6.57 Å². The van der Waals surface area contributed by atoms with Crippen molar-refractivity contribution >= 4 is 59.5 Å². The number of benzene rings is 12. The third-order valence-electron chi connectivity index (χ3n) is 16.2. The van der Waals surface area contributed by atoms with Crippen molar-refractivity contribution in [2.45, 2.75) is 27.7 Å². The molecular formula is C70H40N4.